The lowest BCUT2D eigenvalue weighted by Crippen LogP contribution is -1.96. The molecule has 0 aliphatic heterocycles. The summed E-state index contributed by atoms with van der Waals surface area (Å²) in [7, 11) is 1.87. The molecule has 0 fully saturated rings. The summed E-state index contributed by atoms with van der Waals surface area (Å²) in [6.07, 6.45) is 2.46. The van der Waals surface area contributed by atoms with E-state index < -0.39 is 0 Å². The molecule has 0 N–H and O–H groups in total. The van der Waals surface area contributed by atoms with E-state index in [0.717, 1.165) is 23.5 Å². The van der Waals surface area contributed by atoms with Crippen LogP contribution >= 0.6 is 0 Å². The monoisotopic (exact) mass is 201 g/mol. The average molecular weight is 201 g/mol. The van der Waals surface area contributed by atoms with Crippen molar-refractivity contribution in [2.24, 2.45) is 7.05 Å². The van der Waals surface area contributed by atoms with E-state index in [9.17, 15) is 4.79 Å². The van der Waals surface area contributed by atoms with Gasteiger partial charge >= 0.3 is 0 Å². The third-order valence-corrected chi connectivity index (χ3v) is 2.36. The largest absolute Gasteiger partial charge is 0.329 e. The lowest BCUT2D eigenvalue weighted by atomic mass is 10.2. The molecule has 0 saturated carbocycles. The second kappa shape index (κ2) is 3.65. The minimum atomic E-state index is 0.439. The summed E-state index contributed by atoms with van der Waals surface area (Å²) in [6.45, 7) is 1.86. The van der Waals surface area contributed by atoms with Crippen LogP contribution in [0.15, 0.2) is 24.4 Å². The molecule has 2 aromatic heterocycles. The summed E-state index contributed by atoms with van der Waals surface area (Å²) in [4.78, 5) is 19.2. The summed E-state index contributed by atoms with van der Waals surface area (Å²) in [6, 6.07) is 5.59. The lowest BCUT2D eigenvalue weighted by Gasteiger charge is -2.02. The fourth-order valence-electron chi connectivity index (χ4n) is 1.52. The van der Waals surface area contributed by atoms with E-state index in [0.29, 0.717) is 5.69 Å². The summed E-state index contributed by atoms with van der Waals surface area (Å²) in [5.41, 5.74) is 1.97. The first-order chi connectivity index (χ1) is 7.24. The Kier molecular flexibility index (Phi) is 2.33. The predicted octanol–water partition coefficient (Wildman–Crippen LogP) is 1.60. The van der Waals surface area contributed by atoms with Gasteiger partial charge in [-0.15, -0.1) is 0 Å². The Labute approximate surface area is 87.6 Å². The number of rotatable bonds is 2. The van der Waals surface area contributed by atoms with Crippen LogP contribution in [0.4, 0.5) is 0 Å². The van der Waals surface area contributed by atoms with Crippen LogP contribution in [0.1, 0.15) is 16.3 Å². The first-order valence-corrected chi connectivity index (χ1v) is 4.64. The van der Waals surface area contributed by atoms with Crippen molar-refractivity contribution in [3.8, 4) is 11.4 Å². The van der Waals surface area contributed by atoms with E-state index in [1.165, 1.54) is 0 Å². The molecule has 0 bridgehead atoms. The molecule has 4 nitrogen and oxygen atoms in total. The fraction of sp³-hybridized carbons (Fsp3) is 0.182. The highest BCUT2D eigenvalue weighted by atomic mass is 16.1. The normalized spacial score (nSPS) is 10.3. The Bertz CT molecular complexity index is 488. The minimum absolute atomic E-state index is 0.439. The van der Waals surface area contributed by atoms with E-state index in [-0.39, 0.29) is 0 Å². The molecule has 0 saturated heterocycles. The van der Waals surface area contributed by atoms with Gasteiger partial charge in [0.1, 0.15) is 11.5 Å². The van der Waals surface area contributed by atoms with Gasteiger partial charge < -0.3 is 4.57 Å². The van der Waals surface area contributed by atoms with Gasteiger partial charge in [-0.25, -0.2) is 4.98 Å². The Morgan fingerprint density at radius 1 is 1.40 bits per heavy atom. The SMILES string of the molecule is Cc1nc(C=O)c(-c2ccccn2)n1C. The lowest BCUT2D eigenvalue weighted by molar-refractivity contribution is 0.112. The maximum atomic E-state index is 10.9. The van der Waals surface area contributed by atoms with Crippen LogP contribution in [0, 0.1) is 6.92 Å². The Morgan fingerprint density at radius 3 is 2.80 bits per heavy atom. The topological polar surface area (TPSA) is 47.8 Å². The number of aldehydes is 1. The van der Waals surface area contributed by atoms with Crippen LogP contribution in [-0.2, 0) is 7.05 Å². The number of aromatic nitrogens is 3. The van der Waals surface area contributed by atoms with E-state index in [4.69, 9.17) is 0 Å². The van der Waals surface area contributed by atoms with Crippen molar-refractivity contribution in [3.63, 3.8) is 0 Å². The molecule has 15 heavy (non-hydrogen) atoms. The van der Waals surface area contributed by atoms with E-state index >= 15 is 0 Å². The van der Waals surface area contributed by atoms with Gasteiger partial charge in [-0.3, -0.25) is 9.78 Å². The summed E-state index contributed by atoms with van der Waals surface area (Å²) in [5.74, 6) is 0.803. The molecule has 0 spiro atoms. The molecule has 0 aromatic carbocycles. The molecule has 0 aliphatic carbocycles. The molecule has 0 atom stereocenters. The summed E-state index contributed by atoms with van der Waals surface area (Å²) < 4.78 is 1.87. The smallest absolute Gasteiger partial charge is 0.170 e. The second-order valence-corrected chi connectivity index (χ2v) is 3.28. The summed E-state index contributed by atoms with van der Waals surface area (Å²) in [5, 5.41) is 0. The molecule has 2 rings (SSSR count). The Hall–Kier alpha value is -1.97. The molecule has 4 heteroatoms. The van der Waals surface area contributed by atoms with Crippen LogP contribution in [0.25, 0.3) is 11.4 Å². The number of nitrogens with zero attached hydrogens (tertiary/aromatic N) is 3. The standard InChI is InChI=1S/C11H11N3O/c1-8-13-10(7-15)11(14(8)2)9-5-3-4-6-12-9/h3-7H,1-2H3. The zero-order valence-corrected chi connectivity index (χ0v) is 8.64. The van der Waals surface area contributed by atoms with E-state index in [2.05, 4.69) is 9.97 Å². The maximum absolute atomic E-state index is 10.9. The molecule has 2 aromatic rings. The first-order valence-electron chi connectivity index (χ1n) is 4.64. The number of carbonyl (C=O) groups excluding carboxylic acids is 1. The predicted molar refractivity (Wildman–Crippen MR) is 56.6 cm³/mol. The van der Waals surface area contributed by atoms with Crippen molar-refractivity contribution < 1.29 is 4.79 Å². The summed E-state index contributed by atoms with van der Waals surface area (Å²) >= 11 is 0. The number of pyridine rings is 1. The number of hydrogen-bond donors (Lipinski definition) is 0. The van der Waals surface area contributed by atoms with Crippen molar-refractivity contribution >= 4 is 6.29 Å². The van der Waals surface area contributed by atoms with Crippen LogP contribution in [-0.4, -0.2) is 20.8 Å². The van der Waals surface area contributed by atoms with Gasteiger partial charge in [0.25, 0.3) is 0 Å². The molecule has 2 heterocycles. The van der Waals surface area contributed by atoms with Gasteiger partial charge in [-0.05, 0) is 19.1 Å². The molecule has 0 radical (unpaired) electrons. The maximum Gasteiger partial charge on any atom is 0.170 e. The van der Waals surface area contributed by atoms with Gasteiger partial charge in [0.15, 0.2) is 6.29 Å². The highest BCUT2D eigenvalue weighted by molar-refractivity contribution is 5.82. The number of hydrogen-bond acceptors (Lipinski definition) is 3. The highest BCUT2D eigenvalue weighted by Gasteiger charge is 2.13. The fourth-order valence-corrected chi connectivity index (χ4v) is 1.52. The zero-order valence-electron chi connectivity index (χ0n) is 8.64. The van der Waals surface area contributed by atoms with Gasteiger partial charge in [0.05, 0.1) is 11.4 Å². The van der Waals surface area contributed by atoms with Gasteiger partial charge in [-0.2, -0.15) is 0 Å². The number of aryl methyl sites for hydroxylation is 1. The molecular weight excluding hydrogens is 190 g/mol. The molecule has 0 aliphatic rings. The molecule has 0 unspecified atom stereocenters. The van der Waals surface area contributed by atoms with Gasteiger partial charge in [0, 0.05) is 13.2 Å². The minimum Gasteiger partial charge on any atom is -0.329 e. The average Bonchev–Trinajstić information content (AvgIpc) is 2.56. The second-order valence-electron chi connectivity index (χ2n) is 3.28. The quantitative estimate of drug-likeness (QED) is 0.693. The molecular formula is C11H11N3O. The van der Waals surface area contributed by atoms with E-state index in [1.54, 1.807) is 6.20 Å². The van der Waals surface area contributed by atoms with Crippen molar-refractivity contribution in [1.29, 1.82) is 0 Å². The van der Waals surface area contributed by atoms with Crippen molar-refractivity contribution in [1.82, 2.24) is 14.5 Å². The first kappa shape index (κ1) is 9.58. The van der Waals surface area contributed by atoms with Crippen molar-refractivity contribution in [2.75, 3.05) is 0 Å². The van der Waals surface area contributed by atoms with E-state index in [1.807, 2.05) is 36.7 Å². The molecule has 76 valence electrons. The van der Waals surface area contributed by atoms with Gasteiger partial charge in [-0.1, -0.05) is 6.07 Å². The van der Waals surface area contributed by atoms with Crippen LogP contribution in [0.5, 0.6) is 0 Å². The third-order valence-electron chi connectivity index (χ3n) is 2.36. The van der Waals surface area contributed by atoms with Crippen LogP contribution in [0.2, 0.25) is 0 Å². The van der Waals surface area contributed by atoms with Gasteiger partial charge in [0.2, 0.25) is 0 Å². The third kappa shape index (κ3) is 1.54. The van der Waals surface area contributed by atoms with Crippen molar-refractivity contribution in [3.05, 3.63) is 35.9 Å². The Morgan fingerprint density at radius 2 is 2.20 bits per heavy atom. The van der Waals surface area contributed by atoms with Crippen LogP contribution in [0.3, 0.4) is 0 Å². The zero-order chi connectivity index (χ0) is 10.8. The number of imidazole rings is 1. The highest BCUT2D eigenvalue weighted by Crippen LogP contribution is 2.20. The van der Waals surface area contributed by atoms with Crippen LogP contribution < -0.4 is 0 Å². The Balaban J connectivity index is 2.66. The van der Waals surface area contributed by atoms with Crippen molar-refractivity contribution in [2.45, 2.75) is 6.92 Å². The molecule has 0 amide bonds. The number of carbonyl (C=O) groups is 1.